The summed E-state index contributed by atoms with van der Waals surface area (Å²) in [5.74, 6) is 0. The first kappa shape index (κ1) is 17.7. The molecule has 0 aliphatic carbocycles. The average molecular weight is 380 g/mol. The highest BCUT2D eigenvalue weighted by molar-refractivity contribution is 6.30. The van der Waals surface area contributed by atoms with Crippen LogP contribution in [0.25, 0.3) is 0 Å². The number of nitrogens with one attached hydrogen (secondary N) is 1. The smallest absolute Gasteiger partial charge is 0.322 e. The van der Waals surface area contributed by atoms with Gasteiger partial charge < -0.3 is 14.8 Å². The number of rotatable bonds is 2. The van der Waals surface area contributed by atoms with Crippen molar-refractivity contribution < 1.29 is 4.79 Å². The largest absolute Gasteiger partial charge is 0.349 e. The molecule has 4 rings (SSSR count). The summed E-state index contributed by atoms with van der Waals surface area (Å²) >= 11 is 6.25. The number of aromatic nitrogens is 1. The second-order valence-corrected chi connectivity index (χ2v) is 7.36. The lowest BCUT2D eigenvalue weighted by molar-refractivity contribution is 0.199. The van der Waals surface area contributed by atoms with Gasteiger partial charge in [-0.3, -0.25) is 0 Å². The van der Waals surface area contributed by atoms with Gasteiger partial charge in [0.15, 0.2) is 0 Å². The summed E-state index contributed by atoms with van der Waals surface area (Å²) in [6.45, 7) is 3.61. The van der Waals surface area contributed by atoms with Gasteiger partial charge in [0.05, 0.1) is 6.04 Å². The Bertz CT molecular complexity index is 948. The summed E-state index contributed by atoms with van der Waals surface area (Å²) in [4.78, 5) is 15.1. The van der Waals surface area contributed by atoms with Gasteiger partial charge >= 0.3 is 6.03 Å². The van der Waals surface area contributed by atoms with Gasteiger partial charge in [0.25, 0.3) is 0 Å². The molecule has 0 saturated heterocycles. The third-order valence-corrected chi connectivity index (χ3v) is 5.22. The summed E-state index contributed by atoms with van der Waals surface area (Å²) in [6.07, 6.45) is 2.98. The number of hydrogen-bond donors (Lipinski definition) is 1. The van der Waals surface area contributed by atoms with Gasteiger partial charge in [0, 0.05) is 35.7 Å². The Kier molecular flexibility index (Phi) is 4.90. The second kappa shape index (κ2) is 7.49. The monoisotopic (exact) mass is 379 g/mol. The van der Waals surface area contributed by atoms with E-state index in [1.807, 2.05) is 66.4 Å². The molecule has 0 saturated carbocycles. The van der Waals surface area contributed by atoms with Crippen molar-refractivity contribution in [3.05, 3.63) is 88.7 Å². The molecule has 0 bridgehead atoms. The van der Waals surface area contributed by atoms with E-state index < -0.39 is 0 Å². The molecule has 3 aromatic rings. The lowest BCUT2D eigenvalue weighted by atomic mass is 10.0. The lowest BCUT2D eigenvalue weighted by Crippen LogP contribution is -2.38. The number of carbonyl (C=O) groups is 1. The Morgan fingerprint density at radius 3 is 2.67 bits per heavy atom. The fraction of sp³-hybridized carbons (Fsp3) is 0.227. The maximum Gasteiger partial charge on any atom is 0.322 e. The zero-order valence-corrected chi connectivity index (χ0v) is 16.0. The molecule has 1 unspecified atom stereocenters. The standard InChI is InChI=1S/C22H22ClN3O/c1-16-8-10-19(11-9-16)24-22(27)26-14-4-13-25-12-3-7-20(25)21(26)17-5-2-6-18(23)15-17/h2-3,5-12,15,21H,4,13-14H2,1H3,(H,24,27). The highest BCUT2D eigenvalue weighted by Crippen LogP contribution is 2.33. The first-order chi connectivity index (χ1) is 13.1. The molecular weight excluding hydrogens is 358 g/mol. The van der Waals surface area contributed by atoms with Crippen LogP contribution in [0.1, 0.15) is 29.3 Å². The van der Waals surface area contributed by atoms with E-state index >= 15 is 0 Å². The Morgan fingerprint density at radius 2 is 1.89 bits per heavy atom. The van der Waals surface area contributed by atoms with Crippen molar-refractivity contribution in [2.45, 2.75) is 25.9 Å². The number of amides is 2. The zero-order chi connectivity index (χ0) is 18.8. The molecule has 2 amide bonds. The number of urea groups is 1. The van der Waals surface area contributed by atoms with E-state index in [0.29, 0.717) is 11.6 Å². The first-order valence-corrected chi connectivity index (χ1v) is 9.54. The van der Waals surface area contributed by atoms with E-state index in [1.165, 1.54) is 0 Å². The molecular formula is C22H22ClN3O. The van der Waals surface area contributed by atoms with Crippen LogP contribution >= 0.6 is 11.6 Å². The SMILES string of the molecule is Cc1ccc(NC(=O)N2CCCn3cccc3C2c2cccc(Cl)c2)cc1. The van der Waals surface area contributed by atoms with Crippen LogP contribution in [-0.4, -0.2) is 22.0 Å². The molecule has 0 radical (unpaired) electrons. The van der Waals surface area contributed by atoms with Crippen molar-refractivity contribution in [2.75, 3.05) is 11.9 Å². The van der Waals surface area contributed by atoms with Crippen molar-refractivity contribution in [3.8, 4) is 0 Å². The number of nitrogens with zero attached hydrogens (tertiary/aromatic N) is 2. The number of halogens is 1. The Morgan fingerprint density at radius 1 is 1.07 bits per heavy atom. The molecule has 27 heavy (non-hydrogen) atoms. The van der Waals surface area contributed by atoms with Crippen molar-refractivity contribution >= 4 is 23.3 Å². The topological polar surface area (TPSA) is 37.3 Å². The summed E-state index contributed by atoms with van der Waals surface area (Å²) in [5.41, 5.74) is 4.09. The van der Waals surface area contributed by atoms with Crippen molar-refractivity contribution in [3.63, 3.8) is 0 Å². The van der Waals surface area contributed by atoms with E-state index in [1.54, 1.807) is 0 Å². The summed E-state index contributed by atoms with van der Waals surface area (Å²) in [7, 11) is 0. The summed E-state index contributed by atoms with van der Waals surface area (Å²) in [5, 5.41) is 3.72. The zero-order valence-electron chi connectivity index (χ0n) is 15.2. The third kappa shape index (κ3) is 3.71. The number of benzene rings is 2. The van der Waals surface area contributed by atoms with E-state index in [0.717, 1.165) is 35.5 Å². The maximum atomic E-state index is 13.2. The van der Waals surface area contributed by atoms with Crippen LogP contribution < -0.4 is 5.32 Å². The predicted molar refractivity (Wildman–Crippen MR) is 109 cm³/mol. The molecule has 1 aromatic heterocycles. The summed E-state index contributed by atoms with van der Waals surface area (Å²) < 4.78 is 2.23. The van der Waals surface area contributed by atoms with Crippen LogP contribution in [0.15, 0.2) is 66.9 Å². The Labute approximate surface area is 164 Å². The molecule has 5 heteroatoms. The second-order valence-electron chi connectivity index (χ2n) is 6.93. The molecule has 4 nitrogen and oxygen atoms in total. The van der Waals surface area contributed by atoms with Crippen LogP contribution in [0.3, 0.4) is 0 Å². The fourth-order valence-electron chi connectivity index (χ4n) is 3.66. The summed E-state index contributed by atoms with van der Waals surface area (Å²) in [6, 6.07) is 19.5. The number of carbonyl (C=O) groups excluding carboxylic acids is 1. The lowest BCUT2D eigenvalue weighted by Gasteiger charge is -2.31. The van der Waals surface area contributed by atoms with Crippen LogP contribution in [0.2, 0.25) is 5.02 Å². The molecule has 0 spiro atoms. The minimum absolute atomic E-state index is 0.0986. The van der Waals surface area contributed by atoms with Gasteiger partial charge in [0.1, 0.15) is 0 Å². The van der Waals surface area contributed by atoms with Crippen molar-refractivity contribution in [2.24, 2.45) is 0 Å². The highest BCUT2D eigenvalue weighted by atomic mass is 35.5. The Hall–Kier alpha value is -2.72. The highest BCUT2D eigenvalue weighted by Gasteiger charge is 2.31. The van der Waals surface area contributed by atoms with Crippen LogP contribution in [-0.2, 0) is 6.54 Å². The van der Waals surface area contributed by atoms with Crippen LogP contribution in [0.4, 0.5) is 10.5 Å². The van der Waals surface area contributed by atoms with E-state index in [4.69, 9.17) is 11.6 Å². The van der Waals surface area contributed by atoms with Gasteiger partial charge in [0.2, 0.25) is 0 Å². The van der Waals surface area contributed by atoms with Gasteiger partial charge in [-0.15, -0.1) is 0 Å². The molecule has 1 aliphatic rings. The fourth-order valence-corrected chi connectivity index (χ4v) is 3.86. The molecule has 1 atom stereocenters. The molecule has 2 heterocycles. The average Bonchev–Trinajstić information content (AvgIpc) is 3.03. The molecule has 138 valence electrons. The van der Waals surface area contributed by atoms with Crippen LogP contribution in [0, 0.1) is 6.92 Å². The van der Waals surface area contributed by atoms with E-state index in [9.17, 15) is 4.79 Å². The Balaban J connectivity index is 1.70. The van der Waals surface area contributed by atoms with Crippen molar-refractivity contribution in [1.82, 2.24) is 9.47 Å². The van der Waals surface area contributed by atoms with Gasteiger partial charge in [-0.05, 0) is 55.3 Å². The molecule has 1 aliphatic heterocycles. The number of fused-ring (bicyclic) bond motifs is 1. The molecule has 1 N–H and O–H groups in total. The first-order valence-electron chi connectivity index (χ1n) is 9.16. The number of aryl methyl sites for hydroxylation is 2. The minimum Gasteiger partial charge on any atom is -0.349 e. The van der Waals surface area contributed by atoms with Gasteiger partial charge in [-0.2, -0.15) is 0 Å². The predicted octanol–water partition coefficient (Wildman–Crippen LogP) is 5.48. The van der Waals surface area contributed by atoms with Crippen LogP contribution in [0.5, 0.6) is 0 Å². The molecule has 0 fully saturated rings. The van der Waals surface area contributed by atoms with E-state index in [2.05, 4.69) is 22.1 Å². The third-order valence-electron chi connectivity index (χ3n) is 4.98. The number of hydrogen-bond acceptors (Lipinski definition) is 1. The molecule has 2 aromatic carbocycles. The number of anilines is 1. The maximum absolute atomic E-state index is 13.2. The quantitative estimate of drug-likeness (QED) is 0.629. The minimum atomic E-state index is -0.174. The normalized spacial score (nSPS) is 16.5. The van der Waals surface area contributed by atoms with Gasteiger partial charge in [-0.25, -0.2) is 4.79 Å². The van der Waals surface area contributed by atoms with Crippen molar-refractivity contribution in [1.29, 1.82) is 0 Å². The van der Waals surface area contributed by atoms with E-state index in [-0.39, 0.29) is 12.1 Å². The van der Waals surface area contributed by atoms with Gasteiger partial charge in [-0.1, -0.05) is 41.4 Å².